The van der Waals surface area contributed by atoms with Gasteiger partial charge in [-0.25, -0.2) is 9.78 Å². The largest absolute Gasteiger partial charge is 0.482 e. The molecule has 1 atom stereocenters. The van der Waals surface area contributed by atoms with Crippen LogP contribution in [-0.4, -0.2) is 24.2 Å². The van der Waals surface area contributed by atoms with E-state index >= 15 is 0 Å². The molecular formula is C34H35NO4. The van der Waals surface area contributed by atoms with Gasteiger partial charge in [0, 0.05) is 16.7 Å². The molecule has 1 unspecified atom stereocenters. The molecule has 1 aliphatic rings. The fraction of sp³-hybridized carbons (Fsp3) is 0.294. The van der Waals surface area contributed by atoms with E-state index in [4.69, 9.17) is 18.9 Å². The van der Waals surface area contributed by atoms with Crippen LogP contribution in [0, 0.1) is 5.92 Å². The van der Waals surface area contributed by atoms with Gasteiger partial charge in [-0.15, -0.1) is 0 Å². The molecule has 3 aromatic carbocycles. The van der Waals surface area contributed by atoms with Gasteiger partial charge in [0.15, 0.2) is 12.4 Å². The SMILES string of the molecule is CCOC(=O)COc1cccc(CC2CCCCCC=C2c2nc(-c3ccccc3)c(-c3ccccc3)o2)c1. The summed E-state index contributed by atoms with van der Waals surface area (Å²) in [6.07, 6.45) is 8.80. The number of carbonyl (C=O) groups is 1. The summed E-state index contributed by atoms with van der Waals surface area (Å²) in [5.74, 6) is 2.07. The van der Waals surface area contributed by atoms with E-state index in [-0.39, 0.29) is 18.5 Å². The molecule has 1 heterocycles. The van der Waals surface area contributed by atoms with Crippen LogP contribution in [0.2, 0.25) is 0 Å². The van der Waals surface area contributed by atoms with Crippen molar-refractivity contribution in [3.63, 3.8) is 0 Å². The molecule has 0 bridgehead atoms. The molecule has 0 radical (unpaired) electrons. The normalized spacial score (nSPS) is 15.6. The predicted molar refractivity (Wildman–Crippen MR) is 154 cm³/mol. The van der Waals surface area contributed by atoms with Gasteiger partial charge < -0.3 is 13.9 Å². The van der Waals surface area contributed by atoms with Gasteiger partial charge in [0.25, 0.3) is 0 Å². The number of rotatable bonds is 9. The fourth-order valence-electron chi connectivity index (χ4n) is 5.18. The maximum Gasteiger partial charge on any atom is 0.344 e. The van der Waals surface area contributed by atoms with Crippen molar-refractivity contribution in [2.45, 2.75) is 45.4 Å². The monoisotopic (exact) mass is 521 g/mol. The summed E-state index contributed by atoms with van der Waals surface area (Å²) < 4.78 is 17.3. The first-order chi connectivity index (χ1) is 19.2. The van der Waals surface area contributed by atoms with Gasteiger partial charge >= 0.3 is 5.97 Å². The number of allylic oxidation sites excluding steroid dienone is 2. The molecule has 5 nitrogen and oxygen atoms in total. The van der Waals surface area contributed by atoms with Crippen molar-refractivity contribution < 1.29 is 18.7 Å². The van der Waals surface area contributed by atoms with Crippen molar-refractivity contribution in [2.24, 2.45) is 5.92 Å². The Balaban J connectivity index is 1.46. The number of benzene rings is 3. The van der Waals surface area contributed by atoms with Crippen LogP contribution in [-0.2, 0) is 16.0 Å². The Morgan fingerprint density at radius 2 is 1.69 bits per heavy atom. The molecule has 1 aliphatic carbocycles. The van der Waals surface area contributed by atoms with Crippen molar-refractivity contribution in [3.8, 4) is 28.3 Å². The molecule has 39 heavy (non-hydrogen) atoms. The number of hydrogen-bond donors (Lipinski definition) is 0. The van der Waals surface area contributed by atoms with Gasteiger partial charge in [0.05, 0.1) is 6.61 Å². The minimum absolute atomic E-state index is 0.0906. The highest BCUT2D eigenvalue weighted by atomic mass is 16.6. The second kappa shape index (κ2) is 13.1. The summed E-state index contributed by atoms with van der Waals surface area (Å²) in [6.45, 7) is 2.04. The fourth-order valence-corrected chi connectivity index (χ4v) is 5.18. The highest BCUT2D eigenvalue weighted by Gasteiger charge is 2.25. The Kier molecular flexibility index (Phi) is 8.90. The predicted octanol–water partition coefficient (Wildman–Crippen LogP) is 8.16. The lowest BCUT2D eigenvalue weighted by atomic mass is 9.84. The van der Waals surface area contributed by atoms with E-state index in [0.29, 0.717) is 18.2 Å². The van der Waals surface area contributed by atoms with Crippen LogP contribution in [0.5, 0.6) is 5.75 Å². The summed E-state index contributed by atoms with van der Waals surface area (Å²) in [7, 11) is 0. The summed E-state index contributed by atoms with van der Waals surface area (Å²) >= 11 is 0. The second-order valence-electron chi connectivity index (χ2n) is 9.87. The van der Waals surface area contributed by atoms with Crippen molar-refractivity contribution in [1.82, 2.24) is 4.98 Å². The molecule has 0 N–H and O–H groups in total. The first-order valence-electron chi connectivity index (χ1n) is 13.9. The number of ether oxygens (including phenoxy) is 2. The molecule has 200 valence electrons. The quantitative estimate of drug-likeness (QED) is 0.208. The molecule has 0 fully saturated rings. The third-order valence-corrected chi connectivity index (χ3v) is 7.06. The third kappa shape index (κ3) is 6.85. The van der Waals surface area contributed by atoms with E-state index in [2.05, 4.69) is 36.4 Å². The lowest BCUT2D eigenvalue weighted by Crippen LogP contribution is -2.14. The maximum absolute atomic E-state index is 11.8. The van der Waals surface area contributed by atoms with E-state index in [1.165, 1.54) is 24.8 Å². The van der Waals surface area contributed by atoms with E-state index < -0.39 is 0 Å². The molecule has 1 aromatic heterocycles. The summed E-state index contributed by atoms with van der Waals surface area (Å²) in [5, 5.41) is 0. The maximum atomic E-state index is 11.8. The van der Waals surface area contributed by atoms with Gasteiger partial charge in [-0.2, -0.15) is 0 Å². The zero-order valence-corrected chi connectivity index (χ0v) is 22.5. The third-order valence-electron chi connectivity index (χ3n) is 7.06. The minimum atomic E-state index is -0.361. The molecule has 0 amide bonds. The Morgan fingerprint density at radius 1 is 0.923 bits per heavy atom. The smallest absolute Gasteiger partial charge is 0.344 e. The molecule has 4 aromatic rings. The average molecular weight is 522 g/mol. The van der Waals surface area contributed by atoms with Crippen molar-refractivity contribution >= 4 is 11.5 Å². The number of oxazole rings is 1. The van der Waals surface area contributed by atoms with Crippen LogP contribution in [0.3, 0.4) is 0 Å². The Labute approximate surface area is 230 Å². The standard InChI is InChI=1S/C34H35NO4/c1-2-37-31(36)24-38-29-20-13-14-25(23-29)22-28-19-7-3-4-12-21-30(28)34-35-32(26-15-8-5-9-16-26)33(39-34)27-17-10-6-11-18-27/h5-6,8-11,13-18,20-21,23,28H,2-4,7,12,19,22,24H2,1H3. The molecule has 0 spiro atoms. The van der Waals surface area contributed by atoms with Crippen LogP contribution < -0.4 is 4.74 Å². The molecule has 0 saturated heterocycles. The van der Waals surface area contributed by atoms with Crippen molar-refractivity contribution in [2.75, 3.05) is 13.2 Å². The van der Waals surface area contributed by atoms with Gasteiger partial charge in [-0.1, -0.05) is 91.7 Å². The topological polar surface area (TPSA) is 61.6 Å². The van der Waals surface area contributed by atoms with Crippen molar-refractivity contribution in [3.05, 3.63) is 102 Å². The number of nitrogens with zero attached hydrogens (tertiary/aromatic N) is 1. The summed E-state index contributed by atoms with van der Waals surface area (Å²) in [4.78, 5) is 16.9. The zero-order valence-electron chi connectivity index (χ0n) is 22.5. The van der Waals surface area contributed by atoms with Gasteiger partial charge in [-0.3, -0.25) is 0 Å². The number of hydrogen-bond acceptors (Lipinski definition) is 5. The average Bonchev–Trinajstić information content (AvgIpc) is 3.40. The van der Waals surface area contributed by atoms with Crippen LogP contribution in [0.1, 0.15) is 50.5 Å². The molecule has 5 heteroatoms. The van der Waals surface area contributed by atoms with Crippen LogP contribution in [0.25, 0.3) is 28.2 Å². The first-order valence-corrected chi connectivity index (χ1v) is 13.9. The van der Waals surface area contributed by atoms with E-state index in [1.807, 2.05) is 54.6 Å². The second-order valence-corrected chi connectivity index (χ2v) is 9.87. The number of aromatic nitrogens is 1. The Morgan fingerprint density at radius 3 is 2.46 bits per heavy atom. The number of carbonyl (C=O) groups excluding carboxylic acids is 1. The Bertz CT molecular complexity index is 1330. The van der Waals surface area contributed by atoms with Crippen LogP contribution in [0.4, 0.5) is 0 Å². The van der Waals surface area contributed by atoms with Gasteiger partial charge in [-0.05, 0) is 56.2 Å². The van der Waals surface area contributed by atoms with Crippen LogP contribution >= 0.6 is 0 Å². The highest BCUT2D eigenvalue weighted by molar-refractivity contribution is 5.79. The Hall–Kier alpha value is -4.12. The van der Waals surface area contributed by atoms with E-state index in [9.17, 15) is 4.79 Å². The molecule has 5 rings (SSSR count). The summed E-state index contributed by atoms with van der Waals surface area (Å²) in [5.41, 5.74) is 5.26. The highest BCUT2D eigenvalue weighted by Crippen LogP contribution is 2.39. The molecule has 0 aliphatic heterocycles. The van der Waals surface area contributed by atoms with Crippen LogP contribution in [0.15, 0.2) is 95.4 Å². The van der Waals surface area contributed by atoms with Crippen molar-refractivity contribution in [1.29, 1.82) is 0 Å². The summed E-state index contributed by atoms with van der Waals surface area (Å²) in [6, 6.07) is 28.5. The molecular weight excluding hydrogens is 486 g/mol. The van der Waals surface area contributed by atoms with E-state index in [0.717, 1.165) is 47.4 Å². The molecule has 0 saturated carbocycles. The minimum Gasteiger partial charge on any atom is -0.482 e. The van der Waals surface area contributed by atoms with E-state index in [1.54, 1.807) is 6.92 Å². The van der Waals surface area contributed by atoms with Gasteiger partial charge in [0.2, 0.25) is 5.89 Å². The zero-order chi connectivity index (χ0) is 26.9. The van der Waals surface area contributed by atoms with Gasteiger partial charge in [0.1, 0.15) is 11.4 Å². The lowest BCUT2D eigenvalue weighted by Gasteiger charge is -2.21. The first kappa shape index (κ1) is 26.5. The number of esters is 1. The lowest BCUT2D eigenvalue weighted by molar-refractivity contribution is -0.145.